The fraction of sp³-hybridized carbons (Fsp3) is 0.545. The van der Waals surface area contributed by atoms with Crippen LogP contribution in [0.1, 0.15) is 34.0 Å². The molecule has 0 radical (unpaired) electrons. The van der Waals surface area contributed by atoms with Gasteiger partial charge in [-0.1, -0.05) is 0 Å². The lowest BCUT2D eigenvalue weighted by molar-refractivity contribution is 0.0778. The molecular formula is C11H17NOS. The number of aryl methyl sites for hydroxylation is 2. The molecule has 0 spiro atoms. The smallest absolute Gasteiger partial charge is 0.263 e. The molecule has 0 unspecified atom stereocenters. The molecule has 14 heavy (non-hydrogen) atoms. The number of hydrogen-bond acceptors (Lipinski definition) is 2. The fourth-order valence-corrected chi connectivity index (χ4v) is 2.35. The predicted octanol–water partition coefficient (Wildman–Crippen LogP) is 2.85. The van der Waals surface area contributed by atoms with Crippen molar-refractivity contribution in [3.05, 3.63) is 21.4 Å². The van der Waals surface area contributed by atoms with Crippen LogP contribution in [0.25, 0.3) is 0 Å². The van der Waals surface area contributed by atoms with E-state index in [4.69, 9.17) is 0 Å². The number of rotatable bonds is 3. The van der Waals surface area contributed by atoms with Crippen LogP contribution in [0.5, 0.6) is 0 Å². The molecule has 1 heterocycles. The van der Waals surface area contributed by atoms with Gasteiger partial charge in [0.1, 0.15) is 0 Å². The Morgan fingerprint density at radius 1 is 1.36 bits per heavy atom. The van der Waals surface area contributed by atoms with E-state index in [0.717, 1.165) is 18.0 Å². The van der Waals surface area contributed by atoms with E-state index < -0.39 is 0 Å². The third-order valence-corrected chi connectivity index (χ3v) is 3.57. The van der Waals surface area contributed by atoms with Crippen molar-refractivity contribution in [2.24, 2.45) is 0 Å². The highest BCUT2D eigenvalue weighted by molar-refractivity contribution is 7.14. The van der Waals surface area contributed by atoms with Gasteiger partial charge in [-0.05, 0) is 39.3 Å². The summed E-state index contributed by atoms with van der Waals surface area (Å²) in [4.78, 5) is 15.9. The molecule has 0 saturated carbocycles. The Morgan fingerprint density at radius 3 is 2.29 bits per heavy atom. The van der Waals surface area contributed by atoms with Crippen LogP contribution in [0, 0.1) is 13.8 Å². The molecule has 0 fully saturated rings. The van der Waals surface area contributed by atoms with Crippen LogP contribution in [0.4, 0.5) is 0 Å². The third-order valence-electron chi connectivity index (χ3n) is 2.43. The van der Waals surface area contributed by atoms with Crippen LogP contribution >= 0.6 is 11.3 Å². The van der Waals surface area contributed by atoms with Crippen molar-refractivity contribution >= 4 is 17.2 Å². The molecule has 3 heteroatoms. The van der Waals surface area contributed by atoms with Crippen molar-refractivity contribution in [3.8, 4) is 0 Å². The zero-order valence-corrected chi connectivity index (χ0v) is 10.1. The third kappa shape index (κ3) is 2.15. The van der Waals surface area contributed by atoms with Crippen LogP contribution in [-0.2, 0) is 0 Å². The Hall–Kier alpha value is -0.830. The average Bonchev–Trinajstić information content (AvgIpc) is 2.49. The topological polar surface area (TPSA) is 20.3 Å². The summed E-state index contributed by atoms with van der Waals surface area (Å²) in [7, 11) is 0. The standard InChI is InChI=1S/C11H17NOS/c1-5-12(6-2)11(13)10-7-8(3)9(4)14-10/h7H,5-6H2,1-4H3. The van der Waals surface area contributed by atoms with Gasteiger partial charge in [-0.3, -0.25) is 4.79 Å². The van der Waals surface area contributed by atoms with Gasteiger partial charge < -0.3 is 4.90 Å². The second-order valence-corrected chi connectivity index (χ2v) is 4.58. The van der Waals surface area contributed by atoms with Crippen LogP contribution in [0.2, 0.25) is 0 Å². The number of carbonyl (C=O) groups excluding carboxylic acids is 1. The molecule has 0 bridgehead atoms. The van der Waals surface area contributed by atoms with Crippen molar-refractivity contribution in [2.75, 3.05) is 13.1 Å². The molecule has 0 aliphatic heterocycles. The Morgan fingerprint density at radius 2 is 1.93 bits per heavy atom. The summed E-state index contributed by atoms with van der Waals surface area (Å²) < 4.78 is 0. The van der Waals surface area contributed by atoms with Crippen LogP contribution in [0.3, 0.4) is 0 Å². The summed E-state index contributed by atoms with van der Waals surface area (Å²) in [5.41, 5.74) is 1.21. The number of hydrogen-bond donors (Lipinski definition) is 0. The lowest BCUT2D eigenvalue weighted by Crippen LogP contribution is -2.29. The molecule has 0 aliphatic carbocycles. The zero-order chi connectivity index (χ0) is 10.7. The summed E-state index contributed by atoms with van der Waals surface area (Å²) in [6.45, 7) is 9.68. The lowest BCUT2D eigenvalue weighted by Gasteiger charge is -2.17. The second-order valence-electron chi connectivity index (χ2n) is 3.33. The van der Waals surface area contributed by atoms with Gasteiger partial charge in [-0.15, -0.1) is 11.3 Å². The lowest BCUT2D eigenvalue weighted by atomic mass is 10.2. The molecule has 2 nitrogen and oxygen atoms in total. The predicted molar refractivity (Wildman–Crippen MR) is 61.0 cm³/mol. The molecule has 0 aromatic carbocycles. The normalized spacial score (nSPS) is 10.3. The molecule has 0 N–H and O–H groups in total. The Kier molecular flexibility index (Phi) is 3.69. The average molecular weight is 211 g/mol. The van der Waals surface area contributed by atoms with E-state index in [1.807, 2.05) is 31.7 Å². The SMILES string of the molecule is CCN(CC)C(=O)c1cc(C)c(C)s1. The minimum absolute atomic E-state index is 0.163. The van der Waals surface area contributed by atoms with Crippen molar-refractivity contribution < 1.29 is 4.79 Å². The highest BCUT2D eigenvalue weighted by Gasteiger charge is 2.15. The minimum Gasteiger partial charge on any atom is -0.339 e. The van der Waals surface area contributed by atoms with Gasteiger partial charge in [0, 0.05) is 18.0 Å². The zero-order valence-electron chi connectivity index (χ0n) is 9.26. The summed E-state index contributed by atoms with van der Waals surface area (Å²) in [6.07, 6.45) is 0. The van der Waals surface area contributed by atoms with Gasteiger partial charge in [0.25, 0.3) is 5.91 Å². The molecule has 1 rings (SSSR count). The fourth-order valence-electron chi connectivity index (χ4n) is 1.35. The van der Waals surface area contributed by atoms with Crippen molar-refractivity contribution in [3.63, 3.8) is 0 Å². The van der Waals surface area contributed by atoms with E-state index in [2.05, 4.69) is 6.92 Å². The largest absolute Gasteiger partial charge is 0.339 e. The molecule has 1 aromatic rings. The highest BCUT2D eigenvalue weighted by Crippen LogP contribution is 2.21. The van der Waals surface area contributed by atoms with Gasteiger partial charge >= 0.3 is 0 Å². The summed E-state index contributed by atoms with van der Waals surface area (Å²) in [6, 6.07) is 1.99. The minimum atomic E-state index is 0.163. The van der Waals surface area contributed by atoms with E-state index in [1.165, 1.54) is 10.4 Å². The van der Waals surface area contributed by atoms with Crippen molar-refractivity contribution in [2.45, 2.75) is 27.7 Å². The first-order chi connectivity index (χ1) is 6.60. The van der Waals surface area contributed by atoms with Crippen LogP contribution in [-0.4, -0.2) is 23.9 Å². The molecular weight excluding hydrogens is 194 g/mol. The Balaban J connectivity index is 2.88. The van der Waals surface area contributed by atoms with E-state index in [-0.39, 0.29) is 5.91 Å². The monoisotopic (exact) mass is 211 g/mol. The maximum absolute atomic E-state index is 11.9. The van der Waals surface area contributed by atoms with E-state index in [1.54, 1.807) is 11.3 Å². The van der Waals surface area contributed by atoms with Gasteiger partial charge in [0.05, 0.1) is 4.88 Å². The maximum Gasteiger partial charge on any atom is 0.263 e. The molecule has 1 aromatic heterocycles. The quantitative estimate of drug-likeness (QED) is 0.753. The molecule has 0 aliphatic rings. The summed E-state index contributed by atoms with van der Waals surface area (Å²) in [5, 5.41) is 0. The molecule has 0 atom stereocenters. The van der Waals surface area contributed by atoms with E-state index in [0.29, 0.717) is 0 Å². The Labute approximate surface area is 89.5 Å². The van der Waals surface area contributed by atoms with Crippen LogP contribution < -0.4 is 0 Å². The number of thiophene rings is 1. The van der Waals surface area contributed by atoms with E-state index in [9.17, 15) is 4.79 Å². The van der Waals surface area contributed by atoms with Gasteiger partial charge in [0.15, 0.2) is 0 Å². The van der Waals surface area contributed by atoms with Crippen molar-refractivity contribution in [1.82, 2.24) is 4.90 Å². The summed E-state index contributed by atoms with van der Waals surface area (Å²) in [5.74, 6) is 0.163. The second kappa shape index (κ2) is 4.60. The number of amides is 1. The van der Waals surface area contributed by atoms with Gasteiger partial charge in [0.2, 0.25) is 0 Å². The summed E-state index contributed by atoms with van der Waals surface area (Å²) >= 11 is 1.59. The number of carbonyl (C=O) groups is 1. The first-order valence-electron chi connectivity index (χ1n) is 4.96. The van der Waals surface area contributed by atoms with Gasteiger partial charge in [-0.2, -0.15) is 0 Å². The molecule has 1 amide bonds. The molecule has 78 valence electrons. The highest BCUT2D eigenvalue weighted by atomic mass is 32.1. The maximum atomic E-state index is 11.9. The first kappa shape index (κ1) is 11.2. The Bertz CT molecular complexity index is 307. The van der Waals surface area contributed by atoms with Crippen molar-refractivity contribution in [1.29, 1.82) is 0 Å². The molecule has 0 saturated heterocycles. The first-order valence-corrected chi connectivity index (χ1v) is 5.78. The van der Waals surface area contributed by atoms with Gasteiger partial charge in [-0.25, -0.2) is 0 Å². The van der Waals surface area contributed by atoms with E-state index >= 15 is 0 Å². The van der Waals surface area contributed by atoms with Crippen LogP contribution in [0.15, 0.2) is 6.07 Å². The number of nitrogens with zero attached hydrogens (tertiary/aromatic N) is 1.